The van der Waals surface area contributed by atoms with Gasteiger partial charge in [-0.3, -0.25) is 13.6 Å². The van der Waals surface area contributed by atoms with E-state index in [1.54, 1.807) is 0 Å². The molecular formula is C19H35F2O11P. The van der Waals surface area contributed by atoms with Crippen LogP contribution < -0.4 is 0 Å². The van der Waals surface area contributed by atoms with Crippen LogP contribution in [0.3, 0.4) is 0 Å². The van der Waals surface area contributed by atoms with Gasteiger partial charge in [-0.05, 0) is 27.7 Å². The van der Waals surface area contributed by atoms with E-state index >= 15 is 0 Å². The van der Waals surface area contributed by atoms with Gasteiger partial charge in [0, 0.05) is 19.6 Å². The largest absolute Gasteiger partial charge is 0.511 e. The summed E-state index contributed by atoms with van der Waals surface area (Å²) in [6.45, 7) is 7.05. The number of carbonyl (C=O) groups excluding carboxylic acids is 2. The Balaban J connectivity index is 5.16. The zero-order valence-corrected chi connectivity index (χ0v) is 21.4. The van der Waals surface area contributed by atoms with Gasteiger partial charge in [0.2, 0.25) is 13.6 Å². The van der Waals surface area contributed by atoms with Crippen LogP contribution in [0.25, 0.3) is 0 Å². The van der Waals surface area contributed by atoms with Crippen molar-refractivity contribution in [1.29, 1.82) is 0 Å². The molecule has 14 heteroatoms. The Morgan fingerprint density at radius 1 is 0.727 bits per heavy atom. The molecule has 0 aliphatic heterocycles. The molecule has 33 heavy (non-hydrogen) atoms. The van der Waals surface area contributed by atoms with E-state index in [4.69, 9.17) is 18.9 Å². The normalized spacial score (nSPS) is 13.4. The second-order valence-corrected chi connectivity index (χ2v) is 11.2. The summed E-state index contributed by atoms with van der Waals surface area (Å²) in [7, 11) is -2.56. The van der Waals surface area contributed by atoms with E-state index in [1.165, 1.54) is 41.9 Å². The van der Waals surface area contributed by atoms with Gasteiger partial charge in [0.1, 0.15) is 11.2 Å². The summed E-state index contributed by atoms with van der Waals surface area (Å²) < 4.78 is 80.8. The van der Waals surface area contributed by atoms with Crippen molar-refractivity contribution in [3.8, 4) is 0 Å². The zero-order chi connectivity index (χ0) is 26.1. The molecule has 0 bridgehead atoms. The lowest BCUT2D eigenvalue weighted by Crippen LogP contribution is -2.36. The van der Waals surface area contributed by atoms with Crippen LogP contribution in [0, 0.1) is 5.41 Å². The predicted octanol–water partition coefficient (Wildman–Crippen LogP) is 4.92. The van der Waals surface area contributed by atoms with Crippen LogP contribution in [0.1, 0.15) is 48.5 Å². The highest BCUT2D eigenvalue weighted by Gasteiger charge is 2.61. The third kappa shape index (κ3) is 10.5. The van der Waals surface area contributed by atoms with Crippen LogP contribution in [0.15, 0.2) is 0 Å². The summed E-state index contributed by atoms with van der Waals surface area (Å²) in [6, 6.07) is 0. The third-order valence-corrected chi connectivity index (χ3v) is 6.00. The Bertz CT molecular complexity index is 648. The first-order chi connectivity index (χ1) is 14.8. The Hall–Kier alpha value is -1.53. The highest BCUT2D eigenvalue weighted by molar-refractivity contribution is 7.55. The van der Waals surface area contributed by atoms with Gasteiger partial charge in [-0.2, -0.15) is 8.78 Å². The fourth-order valence-electron chi connectivity index (χ4n) is 2.16. The van der Waals surface area contributed by atoms with Gasteiger partial charge in [0.05, 0.1) is 13.2 Å². The van der Waals surface area contributed by atoms with Gasteiger partial charge in [-0.15, -0.1) is 0 Å². The summed E-state index contributed by atoms with van der Waals surface area (Å²) in [6.07, 6.45) is -2.55. The summed E-state index contributed by atoms with van der Waals surface area (Å²) in [5.74, 6) is 0. The van der Waals surface area contributed by atoms with E-state index in [0.29, 0.717) is 0 Å². The summed E-state index contributed by atoms with van der Waals surface area (Å²) in [5.41, 5.74) is -8.12. The van der Waals surface area contributed by atoms with Gasteiger partial charge >= 0.3 is 25.6 Å². The molecule has 0 radical (unpaired) electrons. The number of alkyl halides is 2. The van der Waals surface area contributed by atoms with Crippen LogP contribution >= 0.6 is 7.60 Å². The Morgan fingerprint density at radius 2 is 1.06 bits per heavy atom. The molecule has 11 nitrogen and oxygen atoms in total. The lowest BCUT2D eigenvalue weighted by atomic mass is 9.97. The number of methoxy groups -OCH3 is 2. The van der Waals surface area contributed by atoms with Crippen molar-refractivity contribution in [1.82, 2.24) is 0 Å². The maximum atomic E-state index is 14.9. The average molecular weight is 508 g/mol. The number of rotatable bonds is 13. The fourth-order valence-corrected chi connectivity index (χ4v) is 3.77. The summed E-state index contributed by atoms with van der Waals surface area (Å²) in [5, 5.41) is 0. The first-order valence-corrected chi connectivity index (χ1v) is 11.3. The first kappa shape index (κ1) is 31.5. The topological polar surface area (TPSA) is 125 Å². The molecule has 0 aromatic rings. The Morgan fingerprint density at radius 3 is 1.33 bits per heavy atom. The second-order valence-electron chi connectivity index (χ2n) is 9.16. The number of carbonyl (C=O) groups is 2. The Labute approximate surface area is 192 Å². The predicted molar refractivity (Wildman–Crippen MR) is 111 cm³/mol. The molecule has 0 atom stereocenters. The lowest BCUT2D eigenvalue weighted by Gasteiger charge is -2.34. The summed E-state index contributed by atoms with van der Waals surface area (Å²) in [4.78, 5) is 23.5. The van der Waals surface area contributed by atoms with Crippen molar-refractivity contribution in [3.63, 3.8) is 0 Å². The van der Waals surface area contributed by atoms with Crippen molar-refractivity contribution >= 4 is 19.9 Å². The minimum atomic E-state index is -5.33. The van der Waals surface area contributed by atoms with Crippen LogP contribution in [-0.4, -0.2) is 70.2 Å². The van der Waals surface area contributed by atoms with Crippen LogP contribution in [0.2, 0.25) is 0 Å². The van der Waals surface area contributed by atoms with E-state index in [-0.39, 0.29) is 13.2 Å². The molecule has 0 N–H and O–H groups in total. The van der Waals surface area contributed by atoms with E-state index in [2.05, 4.69) is 18.5 Å². The van der Waals surface area contributed by atoms with Crippen LogP contribution in [0.4, 0.5) is 18.4 Å². The molecule has 0 heterocycles. The van der Waals surface area contributed by atoms with Crippen molar-refractivity contribution in [2.75, 3.05) is 41.0 Å². The van der Waals surface area contributed by atoms with Gasteiger partial charge in [0.15, 0.2) is 0 Å². The van der Waals surface area contributed by atoms with Crippen molar-refractivity contribution in [2.45, 2.75) is 65.3 Å². The molecule has 0 aromatic carbocycles. The average Bonchev–Trinajstić information content (AvgIpc) is 2.59. The van der Waals surface area contributed by atoms with Crippen LogP contribution in [0.5, 0.6) is 0 Å². The molecule has 0 saturated heterocycles. The van der Waals surface area contributed by atoms with Crippen molar-refractivity contribution in [2.24, 2.45) is 5.41 Å². The van der Waals surface area contributed by atoms with E-state index in [0.717, 1.165) is 20.8 Å². The van der Waals surface area contributed by atoms with Crippen molar-refractivity contribution < 1.29 is 60.4 Å². The lowest BCUT2D eigenvalue weighted by molar-refractivity contribution is -0.0968. The quantitative estimate of drug-likeness (QED) is 0.191. The molecule has 0 aliphatic rings. The van der Waals surface area contributed by atoms with E-state index in [1.807, 2.05) is 0 Å². The van der Waals surface area contributed by atoms with Gasteiger partial charge in [-0.25, -0.2) is 9.59 Å². The van der Waals surface area contributed by atoms with E-state index in [9.17, 15) is 22.9 Å². The zero-order valence-electron chi connectivity index (χ0n) is 20.5. The molecule has 0 unspecified atom stereocenters. The van der Waals surface area contributed by atoms with Gasteiger partial charge in [0.25, 0.3) is 0 Å². The smallest absolute Gasteiger partial charge is 0.426 e. The molecule has 0 spiro atoms. The molecular weight excluding hydrogens is 473 g/mol. The maximum absolute atomic E-state index is 14.9. The highest BCUT2D eigenvalue weighted by atomic mass is 31.2. The van der Waals surface area contributed by atoms with Crippen molar-refractivity contribution in [3.05, 3.63) is 0 Å². The minimum absolute atomic E-state index is 0.0290. The minimum Gasteiger partial charge on any atom is -0.426 e. The second kappa shape index (κ2) is 12.3. The number of hydrogen-bond acceptors (Lipinski definition) is 11. The monoisotopic (exact) mass is 508 g/mol. The summed E-state index contributed by atoms with van der Waals surface area (Å²) >= 11 is 0. The molecule has 0 rings (SSSR count). The highest BCUT2D eigenvalue weighted by Crippen LogP contribution is 2.67. The van der Waals surface area contributed by atoms with Crippen LogP contribution in [-0.2, 0) is 42.0 Å². The molecule has 0 amide bonds. The number of hydrogen-bond donors (Lipinski definition) is 0. The van der Waals surface area contributed by atoms with E-state index < -0.39 is 55.8 Å². The molecule has 0 aliphatic carbocycles. The van der Waals surface area contributed by atoms with Gasteiger partial charge in [-0.1, -0.05) is 20.8 Å². The third-order valence-electron chi connectivity index (χ3n) is 3.75. The number of ether oxygens (including phenoxy) is 6. The maximum Gasteiger partial charge on any atom is 0.511 e. The molecule has 0 fully saturated rings. The molecule has 0 aromatic heterocycles. The standard InChI is InChI=1S/C19H35F2O11P/c1-16(2,3)19(20,21)33(24,29-12-27-14(22)31-17(4,5)10-25-8)30-13-28-15(23)32-18(6,7)11-26-9/h10-13H2,1-9H3. The van der Waals surface area contributed by atoms with Gasteiger partial charge < -0.3 is 28.4 Å². The molecule has 0 saturated carbocycles. The SMILES string of the molecule is COCC(C)(C)OC(=O)OCOP(=O)(OCOC(=O)OC(C)(C)COC)C(F)(F)C(C)(C)C. The fraction of sp³-hybridized carbons (Fsp3) is 0.895. The Kier molecular flexibility index (Phi) is 11.7. The number of halogens is 2. The molecule has 196 valence electrons. The first-order valence-electron chi connectivity index (χ1n) is 9.79.